The van der Waals surface area contributed by atoms with Crippen molar-refractivity contribution >= 4 is 45.5 Å². The van der Waals surface area contributed by atoms with E-state index < -0.39 is 0 Å². The van der Waals surface area contributed by atoms with Gasteiger partial charge in [-0.25, -0.2) is 15.0 Å². The van der Waals surface area contributed by atoms with Crippen LogP contribution >= 0.6 is 22.9 Å². The molecule has 156 valence electrons. The van der Waals surface area contributed by atoms with E-state index in [2.05, 4.69) is 29.6 Å². The van der Waals surface area contributed by atoms with Gasteiger partial charge < -0.3 is 4.42 Å². The summed E-state index contributed by atoms with van der Waals surface area (Å²) in [5.74, 6) is 1.31. The summed E-state index contributed by atoms with van der Waals surface area (Å²) in [5.41, 5.74) is 3.54. The second-order valence-corrected chi connectivity index (χ2v) is 8.92. The normalized spacial score (nSPS) is 16.0. The van der Waals surface area contributed by atoms with E-state index in [9.17, 15) is 0 Å². The first kappa shape index (κ1) is 19.2. The Morgan fingerprint density at radius 3 is 2.66 bits per heavy atom. The molecule has 2 aromatic carbocycles. The molecule has 4 heterocycles. The number of hydrazone groups is 1. The van der Waals surface area contributed by atoms with Gasteiger partial charge in [0.05, 0.1) is 23.5 Å². The Bertz CT molecular complexity index is 1420. The molecule has 5 nitrogen and oxygen atoms in total. The molecule has 1 aliphatic heterocycles. The van der Waals surface area contributed by atoms with Crippen LogP contribution in [0.15, 0.2) is 94.0 Å². The third-order valence-corrected chi connectivity index (χ3v) is 6.70. The van der Waals surface area contributed by atoms with Crippen LogP contribution in [0.5, 0.6) is 0 Å². The fourth-order valence-electron chi connectivity index (χ4n) is 4.00. The molecule has 5 aromatic rings. The molecule has 0 bridgehead atoms. The second kappa shape index (κ2) is 7.89. The monoisotopic (exact) mass is 456 g/mol. The summed E-state index contributed by atoms with van der Waals surface area (Å²) in [7, 11) is 0. The van der Waals surface area contributed by atoms with Crippen LogP contribution in [0.3, 0.4) is 0 Å². The molecule has 0 saturated heterocycles. The highest BCUT2D eigenvalue weighted by Gasteiger charge is 2.33. The van der Waals surface area contributed by atoms with Gasteiger partial charge >= 0.3 is 0 Å². The van der Waals surface area contributed by atoms with E-state index in [0.717, 1.165) is 33.6 Å². The van der Waals surface area contributed by atoms with Gasteiger partial charge in [0.2, 0.25) is 5.95 Å². The van der Waals surface area contributed by atoms with Gasteiger partial charge in [0, 0.05) is 27.3 Å². The number of halogens is 1. The lowest BCUT2D eigenvalue weighted by Crippen LogP contribution is -2.20. The lowest BCUT2D eigenvalue weighted by atomic mass is 10.1. The van der Waals surface area contributed by atoms with Crippen molar-refractivity contribution in [1.29, 1.82) is 0 Å². The first-order valence-electron chi connectivity index (χ1n) is 10.2. The lowest BCUT2D eigenvalue weighted by molar-refractivity contribution is 0.556. The first-order chi connectivity index (χ1) is 15.8. The van der Waals surface area contributed by atoms with Crippen LogP contribution in [0, 0.1) is 0 Å². The molecule has 1 atom stereocenters. The Balaban J connectivity index is 1.55. The van der Waals surface area contributed by atoms with E-state index in [0.29, 0.717) is 17.4 Å². The maximum absolute atomic E-state index is 6.32. The van der Waals surface area contributed by atoms with Crippen LogP contribution in [0.1, 0.15) is 23.1 Å². The minimum Gasteiger partial charge on any atom is -0.463 e. The van der Waals surface area contributed by atoms with Crippen molar-refractivity contribution in [2.45, 2.75) is 12.5 Å². The van der Waals surface area contributed by atoms with Crippen molar-refractivity contribution in [2.24, 2.45) is 5.10 Å². The Kier molecular flexibility index (Phi) is 4.74. The highest BCUT2D eigenvalue weighted by Crippen LogP contribution is 2.39. The number of fused-ring (bicyclic) bond motifs is 1. The van der Waals surface area contributed by atoms with Crippen molar-refractivity contribution < 1.29 is 4.42 Å². The average Bonchev–Trinajstić information content (AvgIpc) is 3.60. The van der Waals surface area contributed by atoms with Crippen molar-refractivity contribution in [3.8, 4) is 11.3 Å². The molecular weight excluding hydrogens is 440 g/mol. The van der Waals surface area contributed by atoms with Crippen LogP contribution in [-0.2, 0) is 0 Å². The van der Waals surface area contributed by atoms with Crippen molar-refractivity contribution in [3.05, 3.63) is 100 Å². The Hall–Kier alpha value is -3.48. The molecule has 0 radical (unpaired) electrons. The van der Waals surface area contributed by atoms with Gasteiger partial charge in [0.25, 0.3) is 0 Å². The number of hydrogen-bond acceptors (Lipinski definition) is 6. The number of anilines is 1. The second-order valence-electron chi connectivity index (χ2n) is 7.50. The Morgan fingerprint density at radius 1 is 0.969 bits per heavy atom. The largest absolute Gasteiger partial charge is 0.463 e. The molecule has 6 rings (SSSR count). The number of benzene rings is 2. The smallest absolute Gasteiger partial charge is 0.247 e. The quantitative estimate of drug-likeness (QED) is 0.293. The molecule has 0 amide bonds. The predicted octanol–water partition coefficient (Wildman–Crippen LogP) is 6.96. The fraction of sp³-hybridized carbons (Fsp3) is 0.0800. The molecule has 0 N–H and O–H groups in total. The third-order valence-electron chi connectivity index (χ3n) is 5.49. The molecule has 3 aromatic heterocycles. The summed E-state index contributed by atoms with van der Waals surface area (Å²) in [6, 6.07) is 23.8. The lowest BCUT2D eigenvalue weighted by Gasteiger charge is -2.21. The van der Waals surface area contributed by atoms with E-state index >= 15 is 0 Å². The molecule has 0 unspecified atom stereocenters. The molecular formula is C25H17ClN4OS. The van der Waals surface area contributed by atoms with Gasteiger partial charge in [-0.2, -0.15) is 5.10 Å². The van der Waals surface area contributed by atoms with Gasteiger partial charge in [-0.1, -0.05) is 48.0 Å². The summed E-state index contributed by atoms with van der Waals surface area (Å²) in [5, 5.41) is 10.5. The van der Waals surface area contributed by atoms with E-state index in [-0.39, 0.29) is 6.04 Å². The standard InChI is InChI=1S/C25H17ClN4OS/c26-17-10-11-18-19(14-17)27-25(28-24(18)16-6-2-1-3-7-16)30-21(23-9-5-13-32-23)15-20(29-30)22-8-4-12-31-22/h1-14,21H,15H2/t21-/m0/s1. The van der Waals surface area contributed by atoms with Crippen molar-refractivity contribution in [3.63, 3.8) is 0 Å². The maximum atomic E-state index is 6.32. The molecule has 32 heavy (non-hydrogen) atoms. The van der Waals surface area contributed by atoms with Crippen LogP contribution in [-0.4, -0.2) is 15.7 Å². The third kappa shape index (κ3) is 3.38. The van der Waals surface area contributed by atoms with Crippen LogP contribution in [0.25, 0.3) is 22.2 Å². The van der Waals surface area contributed by atoms with Crippen molar-refractivity contribution in [1.82, 2.24) is 9.97 Å². The van der Waals surface area contributed by atoms with E-state index in [1.54, 1.807) is 17.6 Å². The zero-order chi connectivity index (χ0) is 21.5. The topological polar surface area (TPSA) is 54.5 Å². The molecule has 7 heteroatoms. The van der Waals surface area contributed by atoms with Crippen molar-refractivity contribution in [2.75, 3.05) is 5.01 Å². The van der Waals surface area contributed by atoms with Crippen LogP contribution < -0.4 is 5.01 Å². The summed E-state index contributed by atoms with van der Waals surface area (Å²) in [4.78, 5) is 11.1. The summed E-state index contributed by atoms with van der Waals surface area (Å²) in [6.45, 7) is 0. The van der Waals surface area contributed by atoms with E-state index in [1.165, 1.54) is 4.88 Å². The summed E-state index contributed by atoms with van der Waals surface area (Å²) >= 11 is 8.02. The van der Waals surface area contributed by atoms with Gasteiger partial charge in [-0.3, -0.25) is 0 Å². The number of thiophene rings is 1. The zero-order valence-electron chi connectivity index (χ0n) is 16.9. The molecule has 0 aliphatic carbocycles. The van der Waals surface area contributed by atoms with Gasteiger partial charge in [0.15, 0.2) is 0 Å². The number of furan rings is 1. The molecule has 1 aliphatic rings. The highest BCUT2D eigenvalue weighted by atomic mass is 35.5. The molecule has 0 saturated carbocycles. The average molecular weight is 457 g/mol. The SMILES string of the molecule is Clc1ccc2c(-c3ccccc3)nc(N3N=C(c4ccco4)C[C@H]3c3cccs3)nc2c1. The minimum atomic E-state index is -0.00430. The summed E-state index contributed by atoms with van der Waals surface area (Å²) in [6.07, 6.45) is 2.38. The predicted molar refractivity (Wildman–Crippen MR) is 129 cm³/mol. The Labute approximate surface area is 193 Å². The highest BCUT2D eigenvalue weighted by molar-refractivity contribution is 7.10. The first-order valence-corrected chi connectivity index (χ1v) is 11.5. The number of hydrogen-bond donors (Lipinski definition) is 0. The summed E-state index contributed by atoms with van der Waals surface area (Å²) < 4.78 is 5.63. The molecule has 0 spiro atoms. The van der Waals surface area contributed by atoms with E-state index in [1.807, 2.05) is 53.5 Å². The Morgan fingerprint density at radius 2 is 1.88 bits per heavy atom. The van der Waals surface area contributed by atoms with Gasteiger partial charge in [0.1, 0.15) is 11.5 Å². The van der Waals surface area contributed by atoms with Crippen LogP contribution in [0.2, 0.25) is 5.02 Å². The number of rotatable bonds is 4. The van der Waals surface area contributed by atoms with Crippen LogP contribution in [0.4, 0.5) is 5.95 Å². The minimum absolute atomic E-state index is 0.00430. The zero-order valence-corrected chi connectivity index (χ0v) is 18.4. The number of nitrogens with zero attached hydrogens (tertiary/aromatic N) is 4. The molecule has 0 fully saturated rings. The van der Waals surface area contributed by atoms with E-state index in [4.69, 9.17) is 31.1 Å². The fourth-order valence-corrected chi connectivity index (χ4v) is 4.98. The number of aromatic nitrogens is 2. The van der Waals surface area contributed by atoms with Gasteiger partial charge in [-0.15, -0.1) is 11.3 Å². The maximum Gasteiger partial charge on any atom is 0.247 e. The van der Waals surface area contributed by atoms with Gasteiger partial charge in [-0.05, 0) is 41.8 Å².